The van der Waals surface area contributed by atoms with Crippen molar-refractivity contribution >= 4 is 5.82 Å². The number of halogens is 3. The molecule has 2 saturated heterocycles. The van der Waals surface area contributed by atoms with Crippen LogP contribution < -0.4 is 5.32 Å². The monoisotopic (exact) mass is 422 g/mol. The second kappa shape index (κ2) is 8.03. The summed E-state index contributed by atoms with van der Waals surface area (Å²) in [7, 11) is 0. The van der Waals surface area contributed by atoms with Gasteiger partial charge in [0.05, 0.1) is 17.9 Å². The molecule has 0 unspecified atom stereocenters. The number of phenolic OH excluding ortho intramolecular Hbond substituents is 1. The third-order valence-electron chi connectivity index (χ3n) is 6.22. The van der Waals surface area contributed by atoms with Gasteiger partial charge in [-0.2, -0.15) is 13.2 Å². The minimum atomic E-state index is -4.52. The number of rotatable bonds is 5. The molecule has 0 aliphatic carbocycles. The molecule has 4 rings (SSSR count). The Balaban J connectivity index is 1.51. The van der Waals surface area contributed by atoms with Gasteiger partial charge in [0.2, 0.25) is 0 Å². The van der Waals surface area contributed by atoms with E-state index < -0.39 is 17.5 Å². The highest BCUT2D eigenvalue weighted by atomic mass is 19.4. The molecular weight excluding hydrogens is 397 g/mol. The van der Waals surface area contributed by atoms with Gasteiger partial charge in [0.25, 0.3) is 0 Å². The van der Waals surface area contributed by atoms with Crippen LogP contribution in [0.1, 0.15) is 36.8 Å². The van der Waals surface area contributed by atoms with Crippen LogP contribution in [-0.2, 0) is 6.18 Å². The fourth-order valence-electron chi connectivity index (χ4n) is 4.90. The van der Waals surface area contributed by atoms with Crippen molar-refractivity contribution in [2.75, 3.05) is 18.5 Å². The van der Waals surface area contributed by atoms with E-state index in [9.17, 15) is 23.4 Å². The Hall–Kier alpha value is -2.39. The minimum absolute atomic E-state index is 0.143. The fourth-order valence-corrected chi connectivity index (χ4v) is 4.90. The summed E-state index contributed by atoms with van der Waals surface area (Å²) in [5.41, 5.74) is -0.0587. The molecule has 0 amide bonds. The minimum Gasteiger partial charge on any atom is -0.507 e. The van der Waals surface area contributed by atoms with Gasteiger partial charge >= 0.3 is 6.18 Å². The Morgan fingerprint density at radius 1 is 1.13 bits per heavy atom. The van der Waals surface area contributed by atoms with Crippen LogP contribution in [0.2, 0.25) is 0 Å². The molecule has 2 fully saturated rings. The van der Waals surface area contributed by atoms with E-state index in [1.54, 1.807) is 12.1 Å². The first-order valence-electron chi connectivity index (χ1n) is 10.2. The lowest BCUT2D eigenvalue weighted by atomic mass is 9.97. The SMILES string of the molecule is Cc1cc(C(F)(F)F)cc(O)c1-c1ccc(N[C@H]2CC[C@H]3CC[C@@H]2N3CCO)nn1. The van der Waals surface area contributed by atoms with Crippen LogP contribution in [0.25, 0.3) is 11.3 Å². The van der Waals surface area contributed by atoms with E-state index >= 15 is 0 Å². The molecule has 3 heterocycles. The first-order valence-corrected chi connectivity index (χ1v) is 10.2. The number of aryl methyl sites for hydroxylation is 1. The summed E-state index contributed by atoms with van der Waals surface area (Å²) in [5, 5.41) is 31.3. The second-order valence-electron chi connectivity index (χ2n) is 8.08. The van der Waals surface area contributed by atoms with Crippen molar-refractivity contribution < 1.29 is 23.4 Å². The van der Waals surface area contributed by atoms with Gasteiger partial charge in [-0.3, -0.25) is 4.90 Å². The van der Waals surface area contributed by atoms with E-state index in [1.165, 1.54) is 6.92 Å². The number of aromatic nitrogens is 2. The Kier molecular flexibility index (Phi) is 5.59. The van der Waals surface area contributed by atoms with E-state index in [0.717, 1.165) is 31.7 Å². The average molecular weight is 422 g/mol. The quantitative estimate of drug-likeness (QED) is 0.684. The molecule has 2 bridgehead atoms. The maximum atomic E-state index is 12.9. The Morgan fingerprint density at radius 2 is 1.90 bits per heavy atom. The number of fused-ring (bicyclic) bond motifs is 2. The summed E-state index contributed by atoms with van der Waals surface area (Å²) in [4.78, 5) is 2.37. The maximum absolute atomic E-state index is 12.9. The number of benzene rings is 1. The highest BCUT2D eigenvalue weighted by molar-refractivity contribution is 5.71. The van der Waals surface area contributed by atoms with Crippen molar-refractivity contribution in [3.63, 3.8) is 0 Å². The molecule has 6 nitrogen and oxygen atoms in total. The molecule has 30 heavy (non-hydrogen) atoms. The number of piperidine rings is 1. The van der Waals surface area contributed by atoms with Crippen LogP contribution in [0, 0.1) is 6.92 Å². The largest absolute Gasteiger partial charge is 0.507 e. The van der Waals surface area contributed by atoms with Gasteiger partial charge in [0.15, 0.2) is 0 Å². The van der Waals surface area contributed by atoms with Crippen LogP contribution in [0.4, 0.5) is 19.0 Å². The van der Waals surface area contributed by atoms with Crippen molar-refractivity contribution in [2.24, 2.45) is 0 Å². The summed E-state index contributed by atoms with van der Waals surface area (Å²) in [6, 6.07) is 6.18. The predicted molar refractivity (Wildman–Crippen MR) is 106 cm³/mol. The van der Waals surface area contributed by atoms with Crippen molar-refractivity contribution in [1.29, 1.82) is 0 Å². The number of hydrogen-bond donors (Lipinski definition) is 3. The molecule has 0 saturated carbocycles. The molecule has 9 heteroatoms. The van der Waals surface area contributed by atoms with Crippen LogP contribution in [0.3, 0.4) is 0 Å². The lowest BCUT2D eigenvalue weighted by Gasteiger charge is -2.40. The lowest BCUT2D eigenvalue weighted by Crippen LogP contribution is -2.51. The van der Waals surface area contributed by atoms with Crippen LogP contribution >= 0.6 is 0 Å². The second-order valence-corrected chi connectivity index (χ2v) is 8.08. The van der Waals surface area contributed by atoms with Crippen molar-refractivity contribution in [1.82, 2.24) is 15.1 Å². The zero-order valence-electron chi connectivity index (χ0n) is 16.7. The van der Waals surface area contributed by atoms with Crippen LogP contribution in [-0.4, -0.2) is 56.6 Å². The maximum Gasteiger partial charge on any atom is 0.416 e. The molecule has 2 aliphatic heterocycles. The Bertz CT molecular complexity index is 881. The molecule has 3 atom stereocenters. The normalized spacial score (nSPS) is 24.2. The van der Waals surface area contributed by atoms with Crippen molar-refractivity contribution in [2.45, 2.75) is 56.9 Å². The molecule has 3 N–H and O–H groups in total. The van der Waals surface area contributed by atoms with Gasteiger partial charge in [0.1, 0.15) is 11.6 Å². The van der Waals surface area contributed by atoms with Gasteiger partial charge in [-0.1, -0.05) is 0 Å². The third-order valence-corrected chi connectivity index (χ3v) is 6.22. The highest BCUT2D eigenvalue weighted by Crippen LogP contribution is 2.39. The molecule has 1 aromatic heterocycles. The molecule has 162 valence electrons. The molecule has 2 aromatic rings. The highest BCUT2D eigenvalue weighted by Gasteiger charge is 2.42. The van der Waals surface area contributed by atoms with Gasteiger partial charge in [0, 0.05) is 30.2 Å². The summed E-state index contributed by atoms with van der Waals surface area (Å²) in [6.45, 7) is 2.32. The standard InChI is InChI=1S/C21H25F3N4O2/c1-12-10-13(21(22,23)24)11-18(30)20(12)16-5-7-19(27-26-16)25-15-4-2-14-3-6-17(15)28(14)8-9-29/h5,7,10-11,14-15,17,29-30H,2-4,6,8-9H2,1H3,(H,25,27)/t14-,15-,17-/m0/s1. The third kappa shape index (κ3) is 3.96. The number of anilines is 1. The Morgan fingerprint density at radius 3 is 2.53 bits per heavy atom. The van der Waals surface area contributed by atoms with E-state index in [1.807, 2.05) is 0 Å². The van der Waals surface area contributed by atoms with E-state index in [0.29, 0.717) is 36.2 Å². The number of phenols is 1. The number of aliphatic hydroxyl groups is 1. The first-order chi connectivity index (χ1) is 14.3. The zero-order valence-corrected chi connectivity index (χ0v) is 16.7. The Labute approximate surface area is 172 Å². The summed E-state index contributed by atoms with van der Waals surface area (Å²) < 4.78 is 38.8. The summed E-state index contributed by atoms with van der Waals surface area (Å²) in [5.74, 6) is 0.114. The first kappa shape index (κ1) is 20.9. The predicted octanol–water partition coefficient (Wildman–Crippen LogP) is 3.58. The molecule has 0 spiro atoms. The number of nitrogens with zero attached hydrogens (tertiary/aromatic N) is 3. The van der Waals surface area contributed by atoms with Crippen molar-refractivity contribution in [3.8, 4) is 17.0 Å². The number of hydrogen-bond acceptors (Lipinski definition) is 6. The van der Waals surface area contributed by atoms with E-state index in [4.69, 9.17) is 0 Å². The smallest absolute Gasteiger partial charge is 0.416 e. The van der Waals surface area contributed by atoms with Gasteiger partial charge in [-0.25, -0.2) is 0 Å². The zero-order chi connectivity index (χ0) is 21.5. The van der Waals surface area contributed by atoms with Crippen LogP contribution in [0.5, 0.6) is 5.75 Å². The van der Waals surface area contributed by atoms with Gasteiger partial charge in [-0.15, -0.1) is 10.2 Å². The number of alkyl halides is 3. The van der Waals surface area contributed by atoms with Gasteiger partial charge in [-0.05, 0) is 62.4 Å². The lowest BCUT2D eigenvalue weighted by molar-refractivity contribution is -0.137. The topological polar surface area (TPSA) is 81.5 Å². The number of nitrogens with one attached hydrogen (secondary N) is 1. The number of aromatic hydroxyl groups is 1. The van der Waals surface area contributed by atoms with Crippen LogP contribution in [0.15, 0.2) is 24.3 Å². The fraction of sp³-hybridized carbons (Fsp3) is 0.524. The average Bonchev–Trinajstić information content (AvgIpc) is 2.96. The molecule has 0 radical (unpaired) electrons. The molecule has 2 aliphatic rings. The van der Waals surface area contributed by atoms with E-state index in [-0.39, 0.29) is 23.8 Å². The van der Waals surface area contributed by atoms with E-state index in [2.05, 4.69) is 20.4 Å². The van der Waals surface area contributed by atoms with Gasteiger partial charge < -0.3 is 15.5 Å². The molecule has 1 aromatic carbocycles. The summed E-state index contributed by atoms with van der Waals surface area (Å²) >= 11 is 0. The van der Waals surface area contributed by atoms with Crippen molar-refractivity contribution in [3.05, 3.63) is 35.4 Å². The number of aliphatic hydroxyl groups excluding tert-OH is 1. The molecular formula is C21H25F3N4O2. The summed E-state index contributed by atoms with van der Waals surface area (Å²) in [6.07, 6.45) is -0.229.